The van der Waals surface area contributed by atoms with Gasteiger partial charge >= 0.3 is 5.97 Å². The van der Waals surface area contributed by atoms with Gasteiger partial charge < -0.3 is 4.74 Å². The maximum atomic E-state index is 13.8. The lowest BCUT2D eigenvalue weighted by Crippen LogP contribution is -2.53. The van der Waals surface area contributed by atoms with Gasteiger partial charge in [-0.05, 0) is 35.4 Å². The Kier molecular flexibility index (Phi) is 6.49. The molecule has 0 spiro atoms. The largest absolute Gasteiger partial charge is 0.468 e. The summed E-state index contributed by atoms with van der Waals surface area (Å²) in [4.78, 5) is 18.5. The average Bonchev–Trinajstić information content (AvgIpc) is 2.97. The van der Waals surface area contributed by atoms with Crippen LogP contribution in [0.15, 0.2) is 137 Å². The molecule has 0 aliphatic carbocycles. The van der Waals surface area contributed by atoms with Gasteiger partial charge in [0, 0.05) is 6.21 Å². The summed E-state index contributed by atoms with van der Waals surface area (Å²) in [5.41, 5.74) is 2.40. The fraction of sp³-hybridized carbons (Fsp3) is 0.0667. The number of benzene rings is 4. The van der Waals surface area contributed by atoms with Crippen LogP contribution in [0.25, 0.3) is 0 Å². The lowest BCUT2D eigenvalue weighted by atomic mass is 9.73. The van der Waals surface area contributed by atoms with Gasteiger partial charge in [-0.2, -0.15) is 15.3 Å². The van der Waals surface area contributed by atoms with Gasteiger partial charge in [-0.25, -0.2) is 0 Å². The number of esters is 1. The van der Waals surface area contributed by atoms with Crippen molar-refractivity contribution in [1.29, 1.82) is 0 Å². The zero-order valence-electron chi connectivity index (χ0n) is 19.7. The SMILES string of the molecule is COC(=O)C1(C=Nc2ccccc2)C(c2ccccc2)=NN(c2ccccc2)N=C1c1ccccc1. The van der Waals surface area contributed by atoms with Crippen molar-refractivity contribution in [3.63, 3.8) is 0 Å². The standard InChI is InChI=1S/C30H24N4O2/c1-36-29(35)30(22-31-25-18-10-4-11-19-25)27(23-14-6-2-7-15-23)32-34(26-20-12-5-13-21-26)33-28(30)24-16-8-3-9-17-24/h2-22H,1H3. The summed E-state index contributed by atoms with van der Waals surface area (Å²) in [6, 6.07) is 38.2. The highest BCUT2D eigenvalue weighted by molar-refractivity contribution is 6.43. The number of aliphatic imine (C=N–C) groups is 1. The van der Waals surface area contributed by atoms with E-state index in [4.69, 9.17) is 19.9 Å². The molecular weight excluding hydrogens is 448 g/mol. The summed E-state index contributed by atoms with van der Waals surface area (Å²) in [6.07, 6.45) is 1.61. The van der Waals surface area contributed by atoms with Crippen LogP contribution in [-0.2, 0) is 9.53 Å². The number of hydrazone groups is 2. The van der Waals surface area contributed by atoms with Crippen LogP contribution >= 0.6 is 0 Å². The van der Waals surface area contributed by atoms with Crippen molar-refractivity contribution in [2.45, 2.75) is 0 Å². The molecule has 176 valence electrons. The molecule has 0 saturated heterocycles. The van der Waals surface area contributed by atoms with Crippen LogP contribution < -0.4 is 5.12 Å². The molecule has 0 bridgehead atoms. The second-order valence-corrected chi connectivity index (χ2v) is 8.15. The average molecular weight is 473 g/mol. The molecule has 0 radical (unpaired) electrons. The van der Waals surface area contributed by atoms with E-state index in [0.717, 1.165) is 16.8 Å². The van der Waals surface area contributed by atoms with Crippen molar-refractivity contribution in [3.8, 4) is 0 Å². The minimum Gasteiger partial charge on any atom is -0.468 e. The summed E-state index contributed by atoms with van der Waals surface area (Å²) >= 11 is 0. The van der Waals surface area contributed by atoms with Gasteiger partial charge in [-0.1, -0.05) is 97.1 Å². The number of hydrogen-bond acceptors (Lipinski definition) is 6. The van der Waals surface area contributed by atoms with Crippen LogP contribution in [0.3, 0.4) is 0 Å². The first-order valence-corrected chi connectivity index (χ1v) is 11.6. The third-order valence-corrected chi connectivity index (χ3v) is 5.89. The Hall–Kier alpha value is -4.84. The van der Waals surface area contributed by atoms with Crippen molar-refractivity contribution in [3.05, 3.63) is 132 Å². The highest BCUT2D eigenvalue weighted by Crippen LogP contribution is 2.36. The molecule has 0 saturated carbocycles. The zero-order chi connectivity index (χ0) is 24.8. The van der Waals surface area contributed by atoms with Crippen LogP contribution in [0.4, 0.5) is 11.4 Å². The monoisotopic (exact) mass is 472 g/mol. The second-order valence-electron chi connectivity index (χ2n) is 8.15. The molecule has 0 aromatic heterocycles. The number of rotatable bonds is 6. The van der Waals surface area contributed by atoms with Crippen LogP contribution in [0.5, 0.6) is 0 Å². The molecule has 0 fully saturated rings. The topological polar surface area (TPSA) is 66.6 Å². The van der Waals surface area contributed by atoms with Gasteiger partial charge in [-0.3, -0.25) is 9.79 Å². The molecule has 0 N–H and O–H groups in total. The summed E-state index contributed by atoms with van der Waals surface area (Å²) in [5, 5.41) is 11.4. The van der Waals surface area contributed by atoms with E-state index >= 15 is 0 Å². The molecule has 0 atom stereocenters. The van der Waals surface area contributed by atoms with E-state index in [-0.39, 0.29) is 0 Å². The normalized spacial score (nSPS) is 14.8. The van der Waals surface area contributed by atoms with E-state index in [1.54, 1.807) is 11.3 Å². The van der Waals surface area contributed by atoms with Gasteiger partial charge in [0.05, 0.1) is 29.9 Å². The smallest absolute Gasteiger partial charge is 0.329 e. The lowest BCUT2D eigenvalue weighted by Gasteiger charge is -2.35. The molecular formula is C30H24N4O2. The summed E-state index contributed by atoms with van der Waals surface area (Å²) in [5.74, 6) is -0.528. The minimum atomic E-state index is -1.50. The molecule has 0 unspecified atom stereocenters. The predicted molar refractivity (Wildman–Crippen MR) is 144 cm³/mol. The Labute approximate surface area is 209 Å². The molecule has 1 aliphatic heterocycles. The number of carbonyl (C=O) groups is 1. The number of anilines is 1. The highest BCUT2D eigenvalue weighted by atomic mass is 16.5. The number of nitrogens with zero attached hydrogens (tertiary/aromatic N) is 4. The van der Waals surface area contributed by atoms with Gasteiger partial charge in [0.2, 0.25) is 0 Å². The van der Waals surface area contributed by atoms with E-state index in [0.29, 0.717) is 17.1 Å². The second kappa shape index (κ2) is 10.2. The molecule has 6 nitrogen and oxygen atoms in total. The predicted octanol–water partition coefficient (Wildman–Crippen LogP) is 5.88. The van der Waals surface area contributed by atoms with Crippen molar-refractivity contribution < 1.29 is 9.53 Å². The third kappa shape index (κ3) is 4.32. The molecule has 1 aliphatic rings. The number of ether oxygens (including phenoxy) is 1. The number of hydrogen-bond donors (Lipinski definition) is 0. The summed E-state index contributed by atoms with van der Waals surface area (Å²) in [7, 11) is 1.37. The number of methoxy groups -OCH3 is 1. The Morgan fingerprint density at radius 1 is 0.722 bits per heavy atom. The third-order valence-electron chi connectivity index (χ3n) is 5.89. The first-order valence-electron chi connectivity index (χ1n) is 11.6. The number of carbonyl (C=O) groups excluding carboxylic acids is 1. The van der Waals surface area contributed by atoms with Crippen LogP contribution in [0, 0.1) is 5.41 Å². The van der Waals surface area contributed by atoms with Crippen LogP contribution in [0.1, 0.15) is 11.1 Å². The number of para-hydroxylation sites is 2. The van der Waals surface area contributed by atoms with E-state index in [2.05, 4.69) is 0 Å². The fourth-order valence-electron chi connectivity index (χ4n) is 4.14. The molecule has 1 heterocycles. The summed E-state index contributed by atoms with van der Waals surface area (Å²) < 4.78 is 5.42. The van der Waals surface area contributed by atoms with Crippen LogP contribution in [0.2, 0.25) is 0 Å². The van der Waals surface area contributed by atoms with E-state index in [1.807, 2.05) is 121 Å². The summed E-state index contributed by atoms with van der Waals surface area (Å²) in [6.45, 7) is 0. The molecule has 6 heteroatoms. The van der Waals surface area contributed by atoms with Gasteiger partial charge in [0.25, 0.3) is 0 Å². The van der Waals surface area contributed by atoms with Crippen molar-refractivity contribution in [2.24, 2.45) is 20.6 Å². The van der Waals surface area contributed by atoms with Crippen molar-refractivity contribution >= 4 is 35.0 Å². The highest BCUT2D eigenvalue weighted by Gasteiger charge is 2.52. The van der Waals surface area contributed by atoms with Gasteiger partial charge in [-0.15, -0.1) is 0 Å². The van der Waals surface area contributed by atoms with Gasteiger partial charge in [0.1, 0.15) is 0 Å². The molecule has 4 aromatic rings. The van der Waals surface area contributed by atoms with Crippen LogP contribution in [-0.4, -0.2) is 30.7 Å². The van der Waals surface area contributed by atoms with E-state index in [9.17, 15) is 4.79 Å². The molecule has 0 amide bonds. The Balaban J connectivity index is 1.82. The quantitative estimate of drug-likeness (QED) is 0.260. The fourth-order valence-corrected chi connectivity index (χ4v) is 4.14. The van der Waals surface area contributed by atoms with E-state index < -0.39 is 11.4 Å². The molecule has 5 rings (SSSR count). The maximum Gasteiger partial charge on any atom is 0.329 e. The Bertz CT molecular complexity index is 1360. The zero-order valence-corrected chi connectivity index (χ0v) is 19.7. The maximum absolute atomic E-state index is 13.8. The first-order chi connectivity index (χ1) is 17.7. The minimum absolute atomic E-state index is 0.465. The van der Waals surface area contributed by atoms with Crippen molar-refractivity contribution in [2.75, 3.05) is 12.2 Å². The van der Waals surface area contributed by atoms with Gasteiger partial charge in [0.15, 0.2) is 5.41 Å². The lowest BCUT2D eigenvalue weighted by molar-refractivity contribution is -0.142. The molecule has 4 aromatic carbocycles. The first kappa shape index (κ1) is 22.9. The Morgan fingerprint density at radius 3 is 1.64 bits per heavy atom. The molecule has 36 heavy (non-hydrogen) atoms. The van der Waals surface area contributed by atoms with Crippen molar-refractivity contribution in [1.82, 2.24) is 0 Å². The Morgan fingerprint density at radius 2 is 1.17 bits per heavy atom. The van der Waals surface area contributed by atoms with E-state index in [1.165, 1.54) is 7.11 Å².